The molecule has 1 amide bonds. The molecule has 27 heavy (non-hydrogen) atoms. The topological polar surface area (TPSA) is 75.6 Å². The highest BCUT2D eigenvalue weighted by molar-refractivity contribution is 5.80. The van der Waals surface area contributed by atoms with Gasteiger partial charge in [-0.25, -0.2) is 9.59 Å². The van der Waals surface area contributed by atoms with Crippen LogP contribution in [0.5, 0.6) is 0 Å². The molecule has 0 bridgehead atoms. The summed E-state index contributed by atoms with van der Waals surface area (Å²) in [6.07, 6.45) is -0.562. The number of aryl methyl sites for hydroxylation is 2. The molecule has 0 radical (unpaired) electrons. The molecule has 0 heterocycles. The Morgan fingerprint density at radius 3 is 2.22 bits per heavy atom. The van der Waals surface area contributed by atoms with Crippen LogP contribution in [0.2, 0.25) is 0 Å². The highest BCUT2D eigenvalue weighted by Crippen LogP contribution is 2.23. The molecule has 2 rings (SSSR count). The number of carboxylic acid groups (broad SMARTS) is 1. The molecule has 0 fully saturated rings. The Morgan fingerprint density at radius 1 is 1.04 bits per heavy atom. The van der Waals surface area contributed by atoms with Crippen LogP contribution in [0.4, 0.5) is 4.79 Å². The van der Waals surface area contributed by atoms with E-state index in [-0.39, 0.29) is 6.42 Å². The zero-order valence-electron chi connectivity index (χ0n) is 16.5. The number of ether oxygens (including phenoxy) is 1. The second kappa shape index (κ2) is 8.25. The summed E-state index contributed by atoms with van der Waals surface area (Å²) in [6.45, 7) is 9.29. The van der Waals surface area contributed by atoms with Crippen molar-refractivity contribution in [3.63, 3.8) is 0 Å². The standard InChI is InChI=1S/C22H27NO4/c1-14-9-15(2)11-18(10-14)17-8-6-7-16(12-17)13-19(20(24)25)23-21(26)27-22(3,4)5/h6-12,19H,13H2,1-5H3,(H,23,26)(H,24,25). The van der Waals surface area contributed by atoms with E-state index >= 15 is 0 Å². The first-order valence-corrected chi connectivity index (χ1v) is 8.93. The molecule has 0 aliphatic rings. The van der Waals surface area contributed by atoms with E-state index in [1.54, 1.807) is 20.8 Å². The lowest BCUT2D eigenvalue weighted by Crippen LogP contribution is -2.44. The van der Waals surface area contributed by atoms with Crippen LogP contribution in [0.25, 0.3) is 11.1 Å². The third-order valence-electron chi connectivity index (χ3n) is 3.91. The van der Waals surface area contributed by atoms with Crippen molar-refractivity contribution in [1.82, 2.24) is 5.32 Å². The molecule has 1 atom stereocenters. The van der Waals surface area contributed by atoms with Crippen LogP contribution in [0.1, 0.15) is 37.5 Å². The lowest BCUT2D eigenvalue weighted by Gasteiger charge is -2.22. The Balaban J connectivity index is 2.19. The molecule has 5 nitrogen and oxygen atoms in total. The van der Waals surface area contributed by atoms with Gasteiger partial charge in [-0.15, -0.1) is 0 Å². The van der Waals surface area contributed by atoms with Crippen LogP contribution < -0.4 is 5.32 Å². The van der Waals surface area contributed by atoms with E-state index in [9.17, 15) is 14.7 Å². The minimum atomic E-state index is -1.10. The van der Waals surface area contributed by atoms with E-state index in [4.69, 9.17) is 4.74 Å². The zero-order chi connectivity index (χ0) is 20.2. The number of carbonyl (C=O) groups is 2. The SMILES string of the molecule is Cc1cc(C)cc(-c2cccc(CC(NC(=O)OC(C)(C)C)C(=O)O)c2)c1. The number of hydrogen-bond acceptors (Lipinski definition) is 3. The summed E-state index contributed by atoms with van der Waals surface area (Å²) in [5.74, 6) is -1.10. The summed E-state index contributed by atoms with van der Waals surface area (Å²) in [4.78, 5) is 23.5. The summed E-state index contributed by atoms with van der Waals surface area (Å²) in [5, 5.41) is 11.9. The minimum absolute atomic E-state index is 0.174. The molecule has 1 unspecified atom stereocenters. The van der Waals surface area contributed by atoms with E-state index in [1.807, 2.05) is 38.1 Å². The van der Waals surface area contributed by atoms with Gasteiger partial charge < -0.3 is 15.2 Å². The van der Waals surface area contributed by atoms with Crippen molar-refractivity contribution in [2.45, 2.75) is 52.7 Å². The summed E-state index contributed by atoms with van der Waals surface area (Å²) >= 11 is 0. The zero-order valence-corrected chi connectivity index (χ0v) is 16.5. The summed E-state index contributed by atoms with van der Waals surface area (Å²) in [5.41, 5.74) is 4.59. The number of benzene rings is 2. The molecule has 0 aliphatic carbocycles. The molecule has 0 saturated heterocycles. The van der Waals surface area contributed by atoms with Gasteiger partial charge in [0.1, 0.15) is 11.6 Å². The fourth-order valence-corrected chi connectivity index (χ4v) is 2.90. The van der Waals surface area contributed by atoms with Crippen LogP contribution >= 0.6 is 0 Å². The maximum atomic E-state index is 11.9. The van der Waals surface area contributed by atoms with Gasteiger partial charge in [0.2, 0.25) is 0 Å². The van der Waals surface area contributed by atoms with Gasteiger partial charge in [0.15, 0.2) is 0 Å². The minimum Gasteiger partial charge on any atom is -0.480 e. The van der Waals surface area contributed by atoms with Crippen LogP contribution in [0.15, 0.2) is 42.5 Å². The highest BCUT2D eigenvalue weighted by Gasteiger charge is 2.24. The van der Waals surface area contributed by atoms with Gasteiger partial charge in [0, 0.05) is 6.42 Å². The Bertz CT molecular complexity index is 816. The predicted molar refractivity (Wildman–Crippen MR) is 106 cm³/mol. The maximum absolute atomic E-state index is 11.9. The first kappa shape index (κ1) is 20.5. The van der Waals surface area contributed by atoms with Crippen LogP contribution in [0, 0.1) is 13.8 Å². The quantitative estimate of drug-likeness (QED) is 0.814. The normalized spacial score (nSPS) is 12.3. The fourth-order valence-electron chi connectivity index (χ4n) is 2.90. The van der Waals surface area contributed by atoms with Gasteiger partial charge in [-0.1, -0.05) is 53.6 Å². The second-order valence-electron chi connectivity index (χ2n) is 7.82. The van der Waals surface area contributed by atoms with Gasteiger partial charge in [0.25, 0.3) is 0 Å². The number of rotatable bonds is 5. The predicted octanol–water partition coefficient (Wildman–Crippen LogP) is 4.49. The van der Waals surface area contributed by atoms with Crippen LogP contribution in [0.3, 0.4) is 0 Å². The Kier molecular flexibility index (Phi) is 6.26. The highest BCUT2D eigenvalue weighted by atomic mass is 16.6. The van der Waals surface area contributed by atoms with E-state index in [1.165, 1.54) is 11.1 Å². The molecule has 0 aromatic heterocycles. The van der Waals surface area contributed by atoms with Crippen molar-refractivity contribution in [2.75, 3.05) is 0 Å². The van der Waals surface area contributed by atoms with Gasteiger partial charge in [-0.2, -0.15) is 0 Å². The molecule has 144 valence electrons. The van der Waals surface area contributed by atoms with Crippen molar-refractivity contribution < 1.29 is 19.4 Å². The van der Waals surface area contributed by atoms with Crippen molar-refractivity contribution in [2.24, 2.45) is 0 Å². The number of nitrogens with one attached hydrogen (secondary N) is 1. The summed E-state index contributed by atoms with van der Waals surface area (Å²) in [6, 6.07) is 13.0. The lowest BCUT2D eigenvalue weighted by molar-refractivity contribution is -0.139. The number of hydrogen-bond donors (Lipinski definition) is 2. The molecule has 0 spiro atoms. The molecule has 2 aromatic carbocycles. The summed E-state index contributed by atoms with van der Waals surface area (Å²) in [7, 11) is 0. The Morgan fingerprint density at radius 2 is 1.67 bits per heavy atom. The van der Waals surface area contributed by atoms with E-state index in [0.717, 1.165) is 16.7 Å². The molecule has 2 aromatic rings. The molecule has 0 aliphatic heterocycles. The third-order valence-corrected chi connectivity index (χ3v) is 3.91. The van der Waals surface area contributed by atoms with Gasteiger partial charge >= 0.3 is 12.1 Å². The van der Waals surface area contributed by atoms with Crippen LogP contribution in [-0.4, -0.2) is 28.8 Å². The van der Waals surface area contributed by atoms with Crippen LogP contribution in [-0.2, 0) is 16.0 Å². The molecule has 2 N–H and O–H groups in total. The summed E-state index contributed by atoms with van der Waals surface area (Å²) < 4.78 is 5.16. The van der Waals surface area contributed by atoms with Crippen molar-refractivity contribution in [3.05, 3.63) is 59.2 Å². The third kappa shape index (κ3) is 6.44. The second-order valence-corrected chi connectivity index (χ2v) is 7.82. The molecule has 0 saturated carbocycles. The van der Waals surface area contributed by atoms with Gasteiger partial charge in [-0.3, -0.25) is 0 Å². The maximum Gasteiger partial charge on any atom is 0.408 e. The lowest BCUT2D eigenvalue weighted by atomic mass is 9.97. The number of alkyl carbamates (subject to hydrolysis) is 1. The van der Waals surface area contributed by atoms with Gasteiger partial charge in [0.05, 0.1) is 0 Å². The first-order chi connectivity index (χ1) is 12.5. The number of amides is 1. The molecular weight excluding hydrogens is 342 g/mol. The monoisotopic (exact) mass is 369 g/mol. The van der Waals surface area contributed by atoms with Crippen molar-refractivity contribution >= 4 is 12.1 Å². The van der Waals surface area contributed by atoms with Crippen molar-refractivity contribution in [3.8, 4) is 11.1 Å². The fraction of sp³-hybridized carbons (Fsp3) is 0.364. The molecular formula is C22H27NO4. The Labute approximate surface area is 160 Å². The average Bonchev–Trinajstić information content (AvgIpc) is 2.51. The first-order valence-electron chi connectivity index (χ1n) is 8.93. The van der Waals surface area contributed by atoms with E-state index in [0.29, 0.717) is 0 Å². The average molecular weight is 369 g/mol. The van der Waals surface area contributed by atoms with Gasteiger partial charge in [-0.05, 0) is 51.3 Å². The largest absolute Gasteiger partial charge is 0.480 e. The molecule has 5 heteroatoms. The number of carboxylic acids is 1. The van der Waals surface area contributed by atoms with E-state index in [2.05, 4.69) is 23.5 Å². The van der Waals surface area contributed by atoms with Crippen molar-refractivity contribution in [1.29, 1.82) is 0 Å². The van der Waals surface area contributed by atoms with E-state index < -0.39 is 23.7 Å². The smallest absolute Gasteiger partial charge is 0.408 e. The number of aliphatic carboxylic acids is 1. The number of carbonyl (C=O) groups excluding carboxylic acids is 1. The Hall–Kier alpha value is -2.82.